The summed E-state index contributed by atoms with van der Waals surface area (Å²) < 4.78 is 0. The van der Waals surface area contributed by atoms with Crippen molar-refractivity contribution in [3.8, 4) is 0 Å². The van der Waals surface area contributed by atoms with E-state index in [0.717, 1.165) is 25.3 Å². The van der Waals surface area contributed by atoms with Crippen molar-refractivity contribution in [3.63, 3.8) is 0 Å². The van der Waals surface area contributed by atoms with Gasteiger partial charge in [0.15, 0.2) is 0 Å². The van der Waals surface area contributed by atoms with Gasteiger partial charge >= 0.3 is 0 Å². The molecule has 4 nitrogen and oxygen atoms in total. The zero-order valence-corrected chi connectivity index (χ0v) is 9.85. The summed E-state index contributed by atoms with van der Waals surface area (Å²) in [6.45, 7) is 3.83. The molecule has 1 aliphatic heterocycles. The van der Waals surface area contributed by atoms with Crippen molar-refractivity contribution in [1.29, 1.82) is 0 Å². The van der Waals surface area contributed by atoms with Gasteiger partial charge in [-0.3, -0.25) is 0 Å². The van der Waals surface area contributed by atoms with E-state index >= 15 is 0 Å². The lowest BCUT2D eigenvalue weighted by Gasteiger charge is -2.20. The molecule has 0 saturated carbocycles. The maximum atomic E-state index is 9.57. The van der Waals surface area contributed by atoms with E-state index in [1.165, 1.54) is 5.69 Å². The number of aliphatic hydroxyl groups excluding tert-OH is 1. The van der Waals surface area contributed by atoms with E-state index in [9.17, 15) is 5.11 Å². The van der Waals surface area contributed by atoms with Crippen LogP contribution in [-0.2, 0) is 0 Å². The fourth-order valence-corrected chi connectivity index (χ4v) is 2.17. The van der Waals surface area contributed by atoms with Gasteiger partial charge in [-0.05, 0) is 19.4 Å². The fraction of sp³-hybridized carbons (Fsp3) is 0.583. The maximum absolute atomic E-state index is 9.57. The second-order valence-corrected chi connectivity index (χ2v) is 4.38. The van der Waals surface area contributed by atoms with E-state index in [0.29, 0.717) is 5.92 Å². The van der Waals surface area contributed by atoms with Crippen molar-refractivity contribution in [1.82, 2.24) is 4.98 Å². The third-order valence-corrected chi connectivity index (χ3v) is 3.27. The average molecular weight is 221 g/mol. The molecule has 4 heteroatoms. The number of nitrogens with zero attached hydrogens (tertiary/aromatic N) is 2. The molecule has 0 aromatic carbocycles. The van der Waals surface area contributed by atoms with Gasteiger partial charge in [-0.25, -0.2) is 4.98 Å². The molecule has 2 N–H and O–H groups in total. The van der Waals surface area contributed by atoms with Gasteiger partial charge in [0.05, 0.1) is 6.10 Å². The number of anilines is 2. The predicted octanol–water partition coefficient (Wildman–Crippen LogP) is 1.33. The molecule has 16 heavy (non-hydrogen) atoms. The molecule has 2 rings (SSSR count). The average Bonchev–Trinajstić information content (AvgIpc) is 2.78. The lowest BCUT2D eigenvalue weighted by molar-refractivity contribution is 0.136. The standard InChI is InChI=1S/C12H19N3O/c1-9(16)10-4-6-15(8-10)11-3-5-14-12(7-11)13-2/h3,5,7,9-10,16H,4,6,8H2,1-2H3,(H,13,14). The van der Waals surface area contributed by atoms with Crippen LogP contribution in [0.4, 0.5) is 11.5 Å². The van der Waals surface area contributed by atoms with Gasteiger partial charge in [0.25, 0.3) is 0 Å². The Morgan fingerprint density at radius 2 is 2.44 bits per heavy atom. The first-order valence-corrected chi connectivity index (χ1v) is 5.77. The summed E-state index contributed by atoms with van der Waals surface area (Å²) >= 11 is 0. The van der Waals surface area contributed by atoms with Crippen LogP contribution in [-0.4, -0.2) is 36.3 Å². The van der Waals surface area contributed by atoms with Crippen LogP contribution >= 0.6 is 0 Å². The van der Waals surface area contributed by atoms with Gasteiger partial charge in [-0.1, -0.05) is 0 Å². The van der Waals surface area contributed by atoms with Gasteiger partial charge in [-0.2, -0.15) is 0 Å². The number of hydrogen-bond donors (Lipinski definition) is 2. The number of hydrogen-bond acceptors (Lipinski definition) is 4. The summed E-state index contributed by atoms with van der Waals surface area (Å²) in [4.78, 5) is 6.50. The summed E-state index contributed by atoms with van der Waals surface area (Å²) in [6, 6.07) is 4.07. The minimum absolute atomic E-state index is 0.212. The van der Waals surface area contributed by atoms with Crippen molar-refractivity contribution in [2.24, 2.45) is 5.92 Å². The number of aliphatic hydroxyl groups is 1. The van der Waals surface area contributed by atoms with Gasteiger partial charge in [-0.15, -0.1) is 0 Å². The number of nitrogens with one attached hydrogen (secondary N) is 1. The van der Waals surface area contributed by atoms with Crippen LogP contribution in [0, 0.1) is 5.92 Å². The van der Waals surface area contributed by atoms with E-state index in [1.54, 1.807) is 0 Å². The Morgan fingerprint density at radius 3 is 3.06 bits per heavy atom. The van der Waals surface area contributed by atoms with Crippen molar-refractivity contribution < 1.29 is 5.11 Å². The number of rotatable bonds is 3. The first kappa shape index (κ1) is 11.2. The van der Waals surface area contributed by atoms with Gasteiger partial charge in [0.2, 0.25) is 0 Å². The zero-order chi connectivity index (χ0) is 11.5. The summed E-state index contributed by atoms with van der Waals surface area (Å²) in [5.41, 5.74) is 1.18. The van der Waals surface area contributed by atoms with Crippen LogP contribution in [0.25, 0.3) is 0 Å². The molecule has 1 aliphatic rings. The van der Waals surface area contributed by atoms with E-state index < -0.39 is 0 Å². The topological polar surface area (TPSA) is 48.4 Å². The Balaban J connectivity index is 2.08. The molecule has 0 aliphatic carbocycles. The summed E-state index contributed by atoms with van der Waals surface area (Å²) in [6.07, 6.45) is 2.67. The number of aromatic nitrogens is 1. The Bertz CT molecular complexity index is 354. The second kappa shape index (κ2) is 4.70. The lowest BCUT2D eigenvalue weighted by atomic mass is 10.0. The van der Waals surface area contributed by atoms with Crippen LogP contribution in [0.5, 0.6) is 0 Å². The summed E-state index contributed by atoms with van der Waals surface area (Å²) in [5, 5.41) is 12.6. The van der Waals surface area contributed by atoms with Crippen LogP contribution in [0.2, 0.25) is 0 Å². The smallest absolute Gasteiger partial charge is 0.127 e. The maximum Gasteiger partial charge on any atom is 0.127 e. The van der Waals surface area contributed by atoms with Crippen molar-refractivity contribution in [2.75, 3.05) is 30.4 Å². The first-order valence-electron chi connectivity index (χ1n) is 5.77. The normalized spacial score (nSPS) is 22.2. The van der Waals surface area contributed by atoms with Crippen LogP contribution in [0.3, 0.4) is 0 Å². The van der Waals surface area contributed by atoms with E-state index in [-0.39, 0.29) is 6.10 Å². The van der Waals surface area contributed by atoms with Crippen LogP contribution < -0.4 is 10.2 Å². The van der Waals surface area contributed by atoms with Crippen molar-refractivity contribution in [3.05, 3.63) is 18.3 Å². The van der Waals surface area contributed by atoms with E-state index in [1.807, 2.05) is 32.3 Å². The van der Waals surface area contributed by atoms with E-state index in [4.69, 9.17) is 0 Å². The molecule has 0 radical (unpaired) electrons. The molecule has 1 aromatic heterocycles. The molecule has 1 aromatic rings. The van der Waals surface area contributed by atoms with Crippen LogP contribution in [0.1, 0.15) is 13.3 Å². The molecule has 0 bridgehead atoms. The Hall–Kier alpha value is -1.29. The molecule has 2 heterocycles. The minimum Gasteiger partial charge on any atom is -0.393 e. The van der Waals surface area contributed by atoms with Crippen molar-refractivity contribution >= 4 is 11.5 Å². The Labute approximate surface area is 96.3 Å². The molecule has 88 valence electrons. The zero-order valence-electron chi connectivity index (χ0n) is 9.85. The summed E-state index contributed by atoms with van der Waals surface area (Å²) in [5.74, 6) is 1.28. The highest BCUT2D eigenvalue weighted by Crippen LogP contribution is 2.26. The predicted molar refractivity (Wildman–Crippen MR) is 65.8 cm³/mol. The highest BCUT2D eigenvalue weighted by atomic mass is 16.3. The lowest BCUT2D eigenvalue weighted by Crippen LogP contribution is -2.23. The molecule has 2 unspecified atom stereocenters. The molecular formula is C12H19N3O. The van der Waals surface area contributed by atoms with Gasteiger partial charge in [0.1, 0.15) is 5.82 Å². The molecule has 0 spiro atoms. The van der Waals surface area contributed by atoms with Gasteiger partial charge < -0.3 is 15.3 Å². The molecule has 1 fully saturated rings. The highest BCUT2D eigenvalue weighted by Gasteiger charge is 2.26. The monoisotopic (exact) mass is 221 g/mol. The quantitative estimate of drug-likeness (QED) is 0.808. The number of pyridine rings is 1. The van der Waals surface area contributed by atoms with E-state index in [2.05, 4.69) is 15.2 Å². The largest absolute Gasteiger partial charge is 0.393 e. The molecular weight excluding hydrogens is 202 g/mol. The van der Waals surface area contributed by atoms with Crippen molar-refractivity contribution in [2.45, 2.75) is 19.4 Å². The minimum atomic E-state index is -0.212. The highest BCUT2D eigenvalue weighted by molar-refractivity contribution is 5.54. The summed E-state index contributed by atoms with van der Waals surface area (Å²) in [7, 11) is 1.87. The second-order valence-electron chi connectivity index (χ2n) is 4.38. The third-order valence-electron chi connectivity index (χ3n) is 3.27. The fourth-order valence-electron chi connectivity index (χ4n) is 2.17. The Kier molecular flexibility index (Phi) is 3.29. The van der Waals surface area contributed by atoms with Crippen LogP contribution in [0.15, 0.2) is 18.3 Å². The van der Waals surface area contributed by atoms with Gasteiger partial charge in [0, 0.05) is 44.0 Å². The Morgan fingerprint density at radius 1 is 1.62 bits per heavy atom. The molecule has 1 saturated heterocycles. The first-order chi connectivity index (χ1) is 7.70. The molecule has 2 atom stereocenters. The molecule has 0 amide bonds. The third kappa shape index (κ3) is 2.27. The SMILES string of the molecule is CNc1cc(N2CCC(C(C)O)C2)ccn1.